The molecule has 0 spiro atoms. The van der Waals surface area contributed by atoms with Crippen molar-refractivity contribution in [3.63, 3.8) is 0 Å². The Balaban J connectivity index is 1.93. The van der Waals surface area contributed by atoms with Crippen LogP contribution in [0.3, 0.4) is 0 Å². The van der Waals surface area contributed by atoms with Crippen LogP contribution in [-0.4, -0.2) is 27.2 Å². The molecule has 3 aromatic rings. The number of hydrogen-bond acceptors (Lipinski definition) is 5. The monoisotopic (exact) mass is 408 g/mol. The first-order valence-corrected chi connectivity index (χ1v) is 8.98. The minimum atomic E-state index is -0.426. The van der Waals surface area contributed by atoms with Crippen molar-refractivity contribution in [3.05, 3.63) is 45.5 Å². The minimum absolute atomic E-state index is 0.105. The van der Waals surface area contributed by atoms with E-state index in [1.54, 1.807) is 32.0 Å². The number of halogens is 2. The molecule has 0 saturated heterocycles. The highest BCUT2D eigenvalue weighted by Gasteiger charge is 2.20. The highest BCUT2D eigenvalue weighted by atomic mass is 35.5. The normalized spacial score (nSPS) is 11.1. The Labute approximate surface area is 166 Å². The van der Waals surface area contributed by atoms with Crippen molar-refractivity contribution in [2.45, 2.75) is 33.8 Å². The highest BCUT2D eigenvalue weighted by Crippen LogP contribution is 2.33. The van der Waals surface area contributed by atoms with Crippen LogP contribution in [0, 0.1) is 13.8 Å². The van der Waals surface area contributed by atoms with Crippen molar-refractivity contribution in [2.75, 3.05) is 5.32 Å². The van der Waals surface area contributed by atoms with Gasteiger partial charge in [-0.25, -0.2) is 0 Å². The van der Waals surface area contributed by atoms with Gasteiger partial charge in [0.15, 0.2) is 0 Å². The summed E-state index contributed by atoms with van der Waals surface area (Å²) in [4.78, 5) is 15.5. The lowest BCUT2D eigenvalue weighted by molar-refractivity contribution is 0.102. The van der Waals surface area contributed by atoms with E-state index in [-0.39, 0.29) is 16.8 Å². The molecule has 0 unspecified atom stereocenters. The standard InChI is InChI=1S/C18H18Cl2N4O3/c1-8(2)26-13-7-11(18-24-23-10(4)27-18)5-6-12(13)22-17(25)16-15(20)14(19)9(3)21-16/h5-8,21H,1-4H3,(H,22,25). The molecule has 7 nitrogen and oxygen atoms in total. The zero-order chi connectivity index (χ0) is 19.7. The number of aromatic amines is 1. The molecule has 9 heteroatoms. The summed E-state index contributed by atoms with van der Waals surface area (Å²) >= 11 is 12.2. The second-order valence-corrected chi connectivity index (χ2v) is 6.97. The highest BCUT2D eigenvalue weighted by molar-refractivity contribution is 6.44. The quantitative estimate of drug-likeness (QED) is 0.617. The number of benzene rings is 1. The number of hydrogen-bond donors (Lipinski definition) is 2. The van der Waals surface area contributed by atoms with Gasteiger partial charge in [0, 0.05) is 18.2 Å². The number of anilines is 1. The first-order chi connectivity index (χ1) is 12.8. The second-order valence-electron chi connectivity index (χ2n) is 6.21. The predicted molar refractivity (Wildman–Crippen MR) is 104 cm³/mol. The number of H-pyrrole nitrogens is 1. The number of carbonyl (C=O) groups is 1. The SMILES string of the molecule is Cc1nnc(-c2ccc(NC(=O)c3[nH]c(C)c(Cl)c3Cl)c(OC(C)C)c2)o1. The smallest absolute Gasteiger partial charge is 0.273 e. The van der Waals surface area contributed by atoms with E-state index in [9.17, 15) is 4.79 Å². The lowest BCUT2D eigenvalue weighted by Crippen LogP contribution is -2.15. The summed E-state index contributed by atoms with van der Waals surface area (Å²) in [6, 6.07) is 5.19. The fraction of sp³-hybridized carbons (Fsp3) is 0.278. The van der Waals surface area contributed by atoms with Gasteiger partial charge >= 0.3 is 0 Å². The zero-order valence-electron chi connectivity index (χ0n) is 15.2. The summed E-state index contributed by atoms with van der Waals surface area (Å²) in [5.74, 6) is 0.873. The first kappa shape index (κ1) is 19.3. The molecule has 0 bridgehead atoms. The average Bonchev–Trinajstić information content (AvgIpc) is 3.15. The minimum Gasteiger partial charge on any atom is -0.489 e. The van der Waals surface area contributed by atoms with Crippen molar-refractivity contribution in [3.8, 4) is 17.2 Å². The second kappa shape index (κ2) is 7.62. The molecule has 1 aromatic carbocycles. The fourth-order valence-corrected chi connectivity index (χ4v) is 2.85. The Kier molecular flexibility index (Phi) is 5.43. The van der Waals surface area contributed by atoms with E-state index < -0.39 is 5.91 Å². The van der Waals surface area contributed by atoms with Gasteiger partial charge in [-0.1, -0.05) is 23.2 Å². The molecule has 27 heavy (non-hydrogen) atoms. The van der Waals surface area contributed by atoms with Gasteiger partial charge in [0.2, 0.25) is 11.8 Å². The topological polar surface area (TPSA) is 93.0 Å². The molecule has 2 N–H and O–H groups in total. The van der Waals surface area contributed by atoms with Crippen molar-refractivity contribution in [2.24, 2.45) is 0 Å². The van der Waals surface area contributed by atoms with E-state index in [4.69, 9.17) is 32.4 Å². The van der Waals surface area contributed by atoms with Crippen LogP contribution >= 0.6 is 23.2 Å². The number of amides is 1. The molecule has 0 aliphatic heterocycles. The van der Waals surface area contributed by atoms with Gasteiger partial charge in [0.1, 0.15) is 11.4 Å². The Bertz CT molecular complexity index is 995. The van der Waals surface area contributed by atoms with Crippen LogP contribution in [0.15, 0.2) is 22.6 Å². The molecule has 142 valence electrons. The number of ether oxygens (including phenoxy) is 1. The molecule has 1 amide bonds. The lowest BCUT2D eigenvalue weighted by Gasteiger charge is -2.15. The molecule has 0 saturated carbocycles. The summed E-state index contributed by atoms with van der Waals surface area (Å²) in [5, 5.41) is 11.1. The van der Waals surface area contributed by atoms with Gasteiger partial charge in [0.05, 0.1) is 21.8 Å². The van der Waals surface area contributed by atoms with Crippen LogP contribution in [0.25, 0.3) is 11.5 Å². The van der Waals surface area contributed by atoms with Gasteiger partial charge in [0.25, 0.3) is 5.91 Å². The van der Waals surface area contributed by atoms with Crippen LogP contribution in [0.1, 0.15) is 35.9 Å². The Morgan fingerprint density at radius 3 is 2.52 bits per heavy atom. The number of aromatic nitrogens is 3. The molecule has 0 fully saturated rings. The van der Waals surface area contributed by atoms with Gasteiger partial charge in [-0.05, 0) is 39.0 Å². The third kappa shape index (κ3) is 4.09. The van der Waals surface area contributed by atoms with Gasteiger partial charge in [-0.15, -0.1) is 10.2 Å². The molecule has 3 rings (SSSR count). The van der Waals surface area contributed by atoms with E-state index in [2.05, 4.69) is 20.5 Å². The molecule has 0 atom stereocenters. The fourth-order valence-electron chi connectivity index (χ4n) is 2.44. The third-order valence-corrected chi connectivity index (χ3v) is 4.59. The molecule has 0 aliphatic carbocycles. The van der Waals surface area contributed by atoms with E-state index in [0.717, 1.165) is 0 Å². The van der Waals surface area contributed by atoms with Crippen molar-refractivity contribution in [1.29, 1.82) is 0 Å². The maximum Gasteiger partial charge on any atom is 0.273 e. The summed E-state index contributed by atoms with van der Waals surface area (Å²) in [6.07, 6.45) is -0.105. The Morgan fingerprint density at radius 2 is 1.96 bits per heavy atom. The number of nitrogens with one attached hydrogen (secondary N) is 2. The van der Waals surface area contributed by atoms with Gasteiger partial charge < -0.3 is 19.5 Å². The van der Waals surface area contributed by atoms with Crippen LogP contribution in [-0.2, 0) is 0 Å². The van der Waals surface area contributed by atoms with Crippen molar-refractivity contribution in [1.82, 2.24) is 15.2 Å². The molecule has 0 radical (unpaired) electrons. The Morgan fingerprint density at radius 1 is 1.22 bits per heavy atom. The summed E-state index contributed by atoms with van der Waals surface area (Å²) in [5.41, 5.74) is 1.97. The maximum atomic E-state index is 12.6. The number of carbonyl (C=O) groups excluding carboxylic acids is 1. The molecular weight excluding hydrogens is 391 g/mol. The van der Waals surface area contributed by atoms with Gasteiger partial charge in [-0.2, -0.15) is 0 Å². The number of aryl methyl sites for hydroxylation is 2. The van der Waals surface area contributed by atoms with E-state index >= 15 is 0 Å². The molecular formula is C18H18Cl2N4O3. The van der Waals surface area contributed by atoms with Crippen LogP contribution < -0.4 is 10.1 Å². The third-order valence-electron chi connectivity index (χ3n) is 3.65. The zero-order valence-corrected chi connectivity index (χ0v) is 16.7. The van der Waals surface area contributed by atoms with Crippen LogP contribution in [0.2, 0.25) is 10.0 Å². The summed E-state index contributed by atoms with van der Waals surface area (Å²) in [7, 11) is 0. The molecule has 2 aromatic heterocycles. The molecule has 0 aliphatic rings. The van der Waals surface area contributed by atoms with E-state index in [1.165, 1.54) is 0 Å². The van der Waals surface area contributed by atoms with E-state index in [1.807, 2.05) is 13.8 Å². The summed E-state index contributed by atoms with van der Waals surface area (Å²) in [6.45, 7) is 7.23. The lowest BCUT2D eigenvalue weighted by atomic mass is 10.1. The van der Waals surface area contributed by atoms with Crippen LogP contribution in [0.5, 0.6) is 5.75 Å². The van der Waals surface area contributed by atoms with Crippen molar-refractivity contribution >= 4 is 34.8 Å². The van der Waals surface area contributed by atoms with E-state index in [0.29, 0.717) is 39.5 Å². The largest absolute Gasteiger partial charge is 0.489 e. The van der Waals surface area contributed by atoms with Crippen LogP contribution in [0.4, 0.5) is 5.69 Å². The first-order valence-electron chi connectivity index (χ1n) is 8.22. The number of nitrogens with zero attached hydrogens (tertiary/aromatic N) is 2. The molecule has 2 heterocycles. The number of rotatable bonds is 5. The predicted octanol–water partition coefficient (Wildman–Crippen LogP) is 5.03. The maximum absolute atomic E-state index is 12.6. The van der Waals surface area contributed by atoms with Crippen molar-refractivity contribution < 1.29 is 13.9 Å². The average molecular weight is 409 g/mol. The summed E-state index contributed by atoms with van der Waals surface area (Å²) < 4.78 is 11.3. The Hall–Kier alpha value is -2.51. The van der Waals surface area contributed by atoms with Gasteiger partial charge in [-0.3, -0.25) is 4.79 Å².